The van der Waals surface area contributed by atoms with Crippen molar-refractivity contribution in [3.05, 3.63) is 33.8 Å². The van der Waals surface area contributed by atoms with E-state index in [1.807, 2.05) is 25.3 Å². The number of carboxylic acids is 1. The minimum Gasteiger partial charge on any atom is -0.492 e. The summed E-state index contributed by atoms with van der Waals surface area (Å²) in [5.74, 6) is 0.671. The predicted octanol–water partition coefficient (Wildman–Crippen LogP) is 3.60. The van der Waals surface area contributed by atoms with Crippen LogP contribution in [-0.2, 0) is 4.79 Å². The number of halogens is 1. The molecule has 1 N–H and O–H groups in total. The van der Waals surface area contributed by atoms with E-state index in [0.717, 1.165) is 33.2 Å². The standard InChI is InChI=1S/C13H15BrO3S/c1-9-7-11(14)8-10(3-4-12(15)16)13(9)17-5-6-18-2/h3-4,7-8H,5-6H2,1-2H3,(H,15,16)/b4-3+. The molecule has 0 heterocycles. The lowest BCUT2D eigenvalue weighted by atomic mass is 10.1. The van der Waals surface area contributed by atoms with Gasteiger partial charge in [0.1, 0.15) is 5.75 Å². The van der Waals surface area contributed by atoms with E-state index in [9.17, 15) is 4.79 Å². The normalized spacial score (nSPS) is 10.8. The number of aryl methyl sites for hydroxylation is 1. The summed E-state index contributed by atoms with van der Waals surface area (Å²) in [6.07, 6.45) is 4.68. The summed E-state index contributed by atoms with van der Waals surface area (Å²) in [7, 11) is 0. The molecule has 98 valence electrons. The average Bonchev–Trinajstić information content (AvgIpc) is 2.29. The predicted molar refractivity (Wildman–Crippen MR) is 79.4 cm³/mol. The maximum Gasteiger partial charge on any atom is 0.328 e. The quantitative estimate of drug-likeness (QED) is 0.639. The van der Waals surface area contributed by atoms with E-state index in [2.05, 4.69) is 15.9 Å². The number of hydrogen-bond donors (Lipinski definition) is 1. The second kappa shape index (κ2) is 7.48. The Bertz CT molecular complexity index is 458. The molecule has 0 aromatic heterocycles. The van der Waals surface area contributed by atoms with Crippen molar-refractivity contribution in [1.82, 2.24) is 0 Å². The summed E-state index contributed by atoms with van der Waals surface area (Å²) in [5.41, 5.74) is 1.75. The Labute approximate surface area is 119 Å². The maximum absolute atomic E-state index is 10.6. The van der Waals surface area contributed by atoms with Crippen LogP contribution in [0.5, 0.6) is 5.75 Å². The summed E-state index contributed by atoms with van der Waals surface area (Å²) in [4.78, 5) is 10.6. The number of aliphatic carboxylic acids is 1. The first-order valence-corrected chi connectivity index (χ1v) is 7.56. The molecule has 0 atom stereocenters. The molecule has 5 heteroatoms. The van der Waals surface area contributed by atoms with Crippen molar-refractivity contribution in [3.63, 3.8) is 0 Å². The van der Waals surface area contributed by atoms with Gasteiger partial charge in [-0.1, -0.05) is 15.9 Å². The summed E-state index contributed by atoms with van der Waals surface area (Å²) < 4.78 is 6.61. The van der Waals surface area contributed by atoms with Crippen LogP contribution in [0.25, 0.3) is 6.08 Å². The molecule has 0 spiro atoms. The van der Waals surface area contributed by atoms with Crippen molar-refractivity contribution >= 4 is 39.7 Å². The van der Waals surface area contributed by atoms with Gasteiger partial charge in [-0.05, 0) is 37.0 Å². The van der Waals surface area contributed by atoms with Crippen molar-refractivity contribution in [3.8, 4) is 5.75 Å². The van der Waals surface area contributed by atoms with Gasteiger partial charge >= 0.3 is 5.97 Å². The van der Waals surface area contributed by atoms with E-state index in [4.69, 9.17) is 9.84 Å². The van der Waals surface area contributed by atoms with Crippen LogP contribution >= 0.6 is 27.7 Å². The average molecular weight is 331 g/mol. The number of benzene rings is 1. The fourth-order valence-electron chi connectivity index (χ4n) is 1.46. The van der Waals surface area contributed by atoms with Gasteiger partial charge in [0, 0.05) is 21.9 Å². The van der Waals surface area contributed by atoms with Crippen molar-refractivity contribution in [2.45, 2.75) is 6.92 Å². The Kier molecular flexibility index (Phi) is 6.29. The number of ether oxygens (including phenoxy) is 1. The first-order chi connectivity index (χ1) is 8.54. The minimum absolute atomic E-state index is 0.609. The Balaban J connectivity index is 3.00. The van der Waals surface area contributed by atoms with Gasteiger partial charge in [-0.25, -0.2) is 4.79 Å². The third kappa shape index (κ3) is 4.74. The molecule has 3 nitrogen and oxygen atoms in total. The van der Waals surface area contributed by atoms with Crippen LogP contribution in [0.4, 0.5) is 0 Å². The number of carboxylic acid groups (broad SMARTS) is 1. The van der Waals surface area contributed by atoms with Crippen LogP contribution in [-0.4, -0.2) is 29.7 Å². The van der Waals surface area contributed by atoms with E-state index < -0.39 is 5.97 Å². The highest BCUT2D eigenvalue weighted by atomic mass is 79.9. The molecular weight excluding hydrogens is 316 g/mol. The van der Waals surface area contributed by atoms with Gasteiger partial charge in [0.25, 0.3) is 0 Å². The van der Waals surface area contributed by atoms with E-state index in [-0.39, 0.29) is 0 Å². The van der Waals surface area contributed by atoms with Crippen LogP contribution in [0.2, 0.25) is 0 Å². The van der Waals surface area contributed by atoms with Gasteiger partial charge in [0.2, 0.25) is 0 Å². The zero-order chi connectivity index (χ0) is 13.5. The monoisotopic (exact) mass is 330 g/mol. The molecule has 18 heavy (non-hydrogen) atoms. The lowest BCUT2D eigenvalue weighted by Crippen LogP contribution is -2.03. The van der Waals surface area contributed by atoms with Crippen molar-refractivity contribution < 1.29 is 14.6 Å². The first-order valence-electron chi connectivity index (χ1n) is 5.37. The van der Waals surface area contributed by atoms with E-state index in [1.165, 1.54) is 0 Å². The molecule has 0 aliphatic rings. The highest BCUT2D eigenvalue weighted by Gasteiger charge is 2.07. The molecule has 1 aromatic carbocycles. The molecular formula is C13H15BrO3S. The van der Waals surface area contributed by atoms with Crippen LogP contribution in [0.15, 0.2) is 22.7 Å². The highest BCUT2D eigenvalue weighted by Crippen LogP contribution is 2.29. The lowest BCUT2D eigenvalue weighted by molar-refractivity contribution is -0.131. The number of hydrogen-bond acceptors (Lipinski definition) is 3. The van der Waals surface area contributed by atoms with Gasteiger partial charge in [0.05, 0.1) is 6.61 Å². The minimum atomic E-state index is -0.970. The summed E-state index contributed by atoms with van der Waals surface area (Å²) in [6, 6.07) is 3.80. The number of rotatable bonds is 6. The van der Waals surface area contributed by atoms with Crippen LogP contribution in [0.3, 0.4) is 0 Å². The summed E-state index contributed by atoms with van der Waals surface area (Å²) in [5, 5.41) is 8.68. The van der Waals surface area contributed by atoms with E-state index >= 15 is 0 Å². The zero-order valence-corrected chi connectivity index (χ0v) is 12.7. The molecule has 0 bridgehead atoms. The first kappa shape index (κ1) is 15.1. The third-order valence-corrected chi connectivity index (χ3v) is 3.24. The second-order valence-electron chi connectivity index (χ2n) is 3.65. The molecule has 0 unspecified atom stereocenters. The fraction of sp³-hybridized carbons (Fsp3) is 0.308. The summed E-state index contributed by atoms with van der Waals surface area (Å²) >= 11 is 5.10. The Morgan fingerprint density at radius 2 is 2.28 bits per heavy atom. The van der Waals surface area contributed by atoms with Gasteiger partial charge in [-0.2, -0.15) is 11.8 Å². The van der Waals surface area contributed by atoms with Gasteiger partial charge in [-0.15, -0.1) is 0 Å². The SMILES string of the molecule is CSCCOc1c(C)cc(Br)cc1/C=C/C(=O)O. The molecule has 0 fully saturated rings. The van der Waals surface area contributed by atoms with Gasteiger partial charge in [0.15, 0.2) is 0 Å². The second-order valence-corrected chi connectivity index (χ2v) is 5.56. The smallest absolute Gasteiger partial charge is 0.328 e. The fourth-order valence-corrected chi connectivity index (χ4v) is 2.30. The third-order valence-electron chi connectivity index (χ3n) is 2.21. The van der Waals surface area contributed by atoms with Crippen LogP contribution in [0.1, 0.15) is 11.1 Å². The molecule has 0 radical (unpaired) electrons. The lowest BCUT2D eigenvalue weighted by Gasteiger charge is -2.12. The Hall–Kier alpha value is -0.940. The maximum atomic E-state index is 10.6. The Morgan fingerprint density at radius 1 is 1.56 bits per heavy atom. The van der Waals surface area contributed by atoms with Crippen LogP contribution < -0.4 is 4.74 Å². The molecule has 0 aliphatic heterocycles. The largest absolute Gasteiger partial charge is 0.492 e. The van der Waals surface area contributed by atoms with Gasteiger partial charge in [-0.3, -0.25) is 0 Å². The highest BCUT2D eigenvalue weighted by molar-refractivity contribution is 9.10. The molecule has 0 amide bonds. The molecule has 1 rings (SSSR count). The van der Waals surface area contributed by atoms with Crippen LogP contribution in [0, 0.1) is 6.92 Å². The number of carbonyl (C=O) groups is 1. The topological polar surface area (TPSA) is 46.5 Å². The molecule has 0 saturated carbocycles. The zero-order valence-electron chi connectivity index (χ0n) is 10.3. The van der Waals surface area contributed by atoms with E-state index in [0.29, 0.717) is 6.61 Å². The molecule has 0 aliphatic carbocycles. The van der Waals surface area contributed by atoms with Crippen molar-refractivity contribution in [2.24, 2.45) is 0 Å². The Morgan fingerprint density at radius 3 is 2.89 bits per heavy atom. The van der Waals surface area contributed by atoms with Gasteiger partial charge < -0.3 is 9.84 Å². The van der Waals surface area contributed by atoms with Crippen molar-refractivity contribution in [1.29, 1.82) is 0 Å². The molecule has 1 aromatic rings. The van der Waals surface area contributed by atoms with E-state index in [1.54, 1.807) is 17.8 Å². The van der Waals surface area contributed by atoms with Crippen molar-refractivity contribution in [2.75, 3.05) is 18.6 Å². The number of thioether (sulfide) groups is 1. The molecule has 0 saturated heterocycles. The summed E-state index contributed by atoms with van der Waals surface area (Å²) in [6.45, 7) is 2.55.